The summed E-state index contributed by atoms with van der Waals surface area (Å²) in [6.07, 6.45) is 0.0150. The molecule has 5 heteroatoms. The predicted octanol–water partition coefficient (Wildman–Crippen LogP) is 3.97. The van der Waals surface area contributed by atoms with Crippen molar-refractivity contribution < 1.29 is 19.1 Å². The maximum atomic E-state index is 12.2. The molecule has 0 aliphatic heterocycles. The summed E-state index contributed by atoms with van der Waals surface area (Å²) in [7, 11) is 0. The fourth-order valence-electron chi connectivity index (χ4n) is 2.16. The summed E-state index contributed by atoms with van der Waals surface area (Å²) in [5, 5.41) is 2.74. The molecule has 0 heterocycles. The van der Waals surface area contributed by atoms with Gasteiger partial charge in [0.05, 0.1) is 12.2 Å². The molecule has 1 amide bonds. The van der Waals surface area contributed by atoms with Crippen molar-refractivity contribution >= 4 is 17.6 Å². The average Bonchev–Trinajstić information content (AvgIpc) is 2.60. The number of esters is 1. The van der Waals surface area contributed by atoms with Crippen molar-refractivity contribution in [2.75, 3.05) is 11.9 Å². The van der Waals surface area contributed by atoms with Crippen molar-refractivity contribution in [3.8, 4) is 5.75 Å². The standard InChI is InChI=1S/C20H23NO4/c1-4-12-24-18-10-8-16(9-11-18)20(23)25-15(3)19(22)21-17-7-5-6-14(2)13-17/h5-11,13,15H,4,12H2,1-3H3,(H,21,22)/t15-/m0/s1. The van der Waals surface area contributed by atoms with Gasteiger partial charge in [0.1, 0.15) is 5.75 Å². The van der Waals surface area contributed by atoms with Crippen LogP contribution in [0.2, 0.25) is 0 Å². The smallest absolute Gasteiger partial charge is 0.338 e. The van der Waals surface area contributed by atoms with Crippen LogP contribution in [-0.2, 0) is 9.53 Å². The molecule has 0 aliphatic carbocycles. The number of nitrogens with one attached hydrogen (secondary N) is 1. The first kappa shape index (κ1) is 18.5. The Labute approximate surface area is 148 Å². The van der Waals surface area contributed by atoms with Gasteiger partial charge in [-0.05, 0) is 62.2 Å². The van der Waals surface area contributed by atoms with E-state index in [0.29, 0.717) is 23.6 Å². The van der Waals surface area contributed by atoms with Gasteiger partial charge in [0.2, 0.25) is 0 Å². The van der Waals surface area contributed by atoms with Crippen LogP contribution in [0.4, 0.5) is 5.69 Å². The molecule has 0 saturated carbocycles. The van der Waals surface area contributed by atoms with Gasteiger partial charge in [-0.2, -0.15) is 0 Å². The normalized spacial score (nSPS) is 11.5. The molecule has 2 rings (SSSR count). The topological polar surface area (TPSA) is 64.6 Å². The van der Waals surface area contributed by atoms with E-state index in [-0.39, 0.29) is 5.91 Å². The minimum absolute atomic E-state index is 0.373. The zero-order chi connectivity index (χ0) is 18.2. The van der Waals surface area contributed by atoms with Crippen LogP contribution < -0.4 is 10.1 Å². The number of rotatable bonds is 7. The van der Waals surface area contributed by atoms with Gasteiger partial charge in [-0.25, -0.2) is 4.79 Å². The summed E-state index contributed by atoms with van der Waals surface area (Å²) in [5.41, 5.74) is 2.08. The number of anilines is 1. The Morgan fingerprint density at radius 3 is 2.48 bits per heavy atom. The van der Waals surface area contributed by atoms with Gasteiger partial charge in [-0.1, -0.05) is 19.1 Å². The van der Waals surface area contributed by atoms with Crippen molar-refractivity contribution in [1.82, 2.24) is 0 Å². The number of carbonyl (C=O) groups excluding carboxylic acids is 2. The highest BCUT2D eigenvalue weighted by Crippen LogP contribution is 2.15. The molecule has 25 heavy (non-hydrogen) atoms. The molecule has 1 atom stereocenters. The number of hydrogen-bond donors (Lipinski definition) is 1. The summed E-state index contributed by atoms with van der Waals surface area (Å²) in [4.78, 5) is 24.3. The minimum Gasteiger partial charge on any atom is -0.494 e. The van der Waals surface area contributed by atoms with Gasteiger partial charge in [-0.15, -0.1) is 0 Å². The van der Waals surface area contributed by atoms with E-state index in [1.807, 2.05) is 32.0 Å². The van der Waals surface area contributed by atoms with Gasteiger partial charge < -0.3 is 14.8 Å². The second-order valence-electron chi connectivity index (χ2n) is 5.78. The first-order valence-corrected chi connectivity index (χ1v) is 8.31. The van der Waals surface area contributed by atoms with E-state index in [1.165, 1.54) is 0 Å². The first-order valence-electron chi connectivity index (χ1n) is 8.31. The molecule has 5 nitrogen and oxygen atoms in total. The van der Waals surface area contributed by atoms with Gasteiger partial charge in [0.25, 0.3) is 5.91 Å². The molecule has 0 unspecified atom stereocenters. The lowest BCUT2D eigenvalue weighted by molar-refractivity contribution is -0.123. The van der Waals surface area contributed by atoms with Crippen molar-refractivity contribution in [3.05, 3.63) is 59.7 Å². The van der Waals surface area contributed by atoms with Crippen LogP contribution in [0.1, 0.15) is 36.2 Å². The molecule has 1 N–H and O–H groups in total. The van der Waals surface area contributed by atoms with Crippen LogP contribution in [0.5, 0.6) is 5.75 Å². The summed E-state index contributed by atoms with van der Waals surface area (Å²) >= 11 is 0. The van der Waals surface area contributed by atoms with Crippen LogP contribution in [0.25, 0.3) is 0 Å². The molecule has 0 saturated heterocycles. The lowest BCUT2D eigenvalue weighted by Gasteiger charge is -2.14. The predicted molar refractivity (Wildman–Crippen MR) is 96.9 cm³/mol. The van der Waals surface area contributed by atoms with Gasteiger partial charge in [0.15, 0.2) is 6.10 Å². The van der Waals surface area contributed by atoms with E-state index in [1.54, 1.807) is 37.3 Å². The van der Waals surface area contributed by atoms with Crippen molar-refractivity contribution in [2.24, 2.45) is 0 Å². The third kappa shape index (κ3) is 5.64. The number of carbonyl (C=O) groups is 2. The SMILES string of the molecule is CCCOc1ccc(C(=O)O[C@@H](C)C(=O)Nc2cccc(C)c2)cc1. The third-order valence-electron chi connectivity index (χ3n) is 3.50. The maximum absolute atomic E-state index is 12.2. The van der Waals surface area contributed by atoms with Crippen LogP contribution in [-0.4, -0.2) is 24.6 Å². The van der Waals surface area contributed by atoms with E-state index in [9.17, 15) is 9.59 Å². The van der Waals surface area contributed by atoms with Gasteiger partial charge >= 0.3 is 5.97 Å². The van der Waals surface area contributed by atoms with Crippen LogP contribution >= 0.6 is 0 Å². The number of ether oxygens (including phenoxy) is 2. The van der Waals surface area contributed by atoms with Gasteiger partial charge in [0, 0.05) is 5.69 Å². The van der Waals surface area contributed by atoms with Crippen LogP contribution in [0.3, 0.4) is 0 Å². The Morgan fingerprint density at radius 1 is 1.12 bits per heavy atom. The minimum atomic E-state index is -0.899. The molecule has 0 fully saturated rings. The van der Waals surface area contributed by atoms with Crippen LogP contribution in [0, 0.1) is 6.92 Å². The number of hydrogen-bond acceptors (Lipinski definition) is 4. The highest BCUT2D eigenvalue weighted by atomic mass is 16.5. The van der Waals surface area contributed by atoms with Gasteiger partial charge in [-0.3, -0.25) is 4.79 Å². The fourth-order valence-corrected chi connectivity index (χ4v) is 2.16. The Morgan fingerprint density at radius 2 is 1.84 bits per heavy atom. The molecule has 0 bridgehead atoms. The summed E-state index contributed by atoms with van der Waals surface area (Å²) in [6, 6.07) is 14.1. The largest absolute Gasteiger partial charge is 0.494 e. The molecule has 2 aromatic carbocycles. The van der Waals surface area contributed by atoms with Crippen molar-refractivity contribution in [3.63, 3.8) is 0 Å². The molecule has 0 radical (unpaired) electrons. The van der Waals surface area contributed by atoms with Crippen LogP contribution in [0.15, 0.2) is 48.5 Å². The zero-order valence-electron chi connectivity index (χ0n) is 14.7. The summed E-state index contributed by atoms with van der Waals surface area (Å²) in [5.74, 6) is -0.223. The number of aryl methyl sites for hydroxylation is 1. The van der Waals surface area contributed by atoms with E-state index in [2.05, 4.69) is 5.32 Å². The molecule has 0 spiro atoms. The highest BCUT2D eigenvalue weighted by molar-refractivity contribution is 5.97. The molecule has 0 aromatic heterocycles. The Hall–Kier alpha value is -2.82. The molecular weight excluding hydrogens is 318 g/mol. The van der Waals surface area contributed by atoms with E-state index in [4.69, 9.17) is 9.47 Å². The van der Waals surface area contributed by atoms with E-state index in [0.717, 1.165) is 12.0 Å². The van der Waals surface area contributed by atoms with Crippen molar-refractivity contribution in [1.29, 1.82) is 0 Å². The lowest BCUT2D eigenvalue weighted by Crippen LogP contribution is -2.30. The Kier molecular flexibility index (Phi) is 6.57. The Bertz CT molecular complexity index is 725. The molecular formula is C20H23NO4. The lowest BCUT2D eigenvalue weighted by atomic mass is 10.2. The van der Waals surface area contributed by atoms with E-state index < -0.39 is 12.1 Å². The molecule has 132 valence electrons. The number of benzene rings is 2. The van der Waals surface area contributed by atoms with Crippen molar-refractivity contribution in [2.45, 2.75) is 33.3 Å². The second-order valence-corrected chi connectivity index (χ2v) is 5.78. The number of amides is 1. The molecule has 2 aromatic rings. The summed E-state index contributed by atoms with van der Waals surface area (Å²) < 4.78 is 10.7. The Balaban J connectivity index is 1.91. The monoisotopic (exact) mass is 341 g/mol. The third-order valence-corrected chi connectivity index (χ3v) is 3.50. The maximum Gasteiger partial charge on any atom is 0.338 e. The first-order chi connectivity index (χ1) is 12.0. The fraction of sp³-hybridized carbons (Fsp3) is 0.300. The highest BCUT2D eigenvalue weighted by Gasteiger charge is 2.19. The quantitative estimate of drug-likeness (QED) is 0.774. The van der Waals surface area contributed by atoms with E-state index >= 15 is 0 Å². The second kappa shape index (κ2) is 8.87. The molecule has 0 aliphatic rings. The average molecular weight is 341 g/mol. The summed E-state index contributed by atoms with van der Waals surface area (Å²) in [6.45, 7) is 6.13. The zero-order valence-corrected chi connectivity index (χ0v) is 14.7.